The molecule has 0 unspecified atom stereocenters. The number of ether oxygens (including phenoxy) is 1. The van der Waals surface area contributed by atoms with Crippen LogP contribution in [0.2, 0.25) is 0 Å². The zero-order valence-electron chi connectivity index (χ0n) is 22.7. The molecule has 210 valence electrons. The number of carbonyl (C=O) groups is 1. The third-order valence-electron chi connectivity index (χ3n) is 7.52. The van der Waals surface area contributed by atoms with E-state index in [4.69, 9.17) is 4.74 Å². The summed E-state index contributed by atoms with van der Waals surface area (Å²) in [5.74, 6) is 5.70. The average molecular weight is 556 g/mol. The van der Waals surface area contributed by atoms with Gasteiger partial charge in [0, 0.05) is 43.5 Å². The van der Waals surface area contributed by atoms with Crippen LogP contribution in [-0.2, 0) is 21.2 Å². The number of rotatable bonds is 6. The summed E-state index contributed by atoms with van der Waals surface area (Å²) in [5, 5.41) is 20.5. The summed E-state index contributed by atoms with van der Waals surface area (Å²) >= 11 is 0. The number of hydrogen-bond acceptors (Lipinski definition) is 7. The lowest BCUT2D eigenvalue weighted by Crippen LogP contribution is -2.50. The topological polar surface area (TPSA) is 120 Å². The van der Waals surface area contributed by atoms with Gasteiger partial charge >= 0.3 is 0 Å². The van der Waals surface area contributed by atoms with E-state index in [9.17, 15) is 23.4 Å². The predicted molar refractivity (Wildman–Crippen MR) is 146 cm³/mol. The number of pyridine rings is 1. The second kappa shape index (κ2) is 12.0. The first-order valence-electron chi connectivity index (χ1n) is 13.3. The van der Waals surface area contributed by atoms with Crippen molar-refractivity contribution in [2.24, 2.45) is 5.92 Å². The Labute approximate surface area is 230 Å². The van der Waals surface area contributed by atoms with Crippen molar-refractivity contribution in [3.63, 3.8) is 0 Å². The Morgan fingerprint density at radius 2 is 1.95 bits per heavy atom. The maximum Gasteiger partial charge on any atom is 0.247 e. The number of aliphatic hydroxyl groups is 2. The zero-order chi connectivity index (χ0) is 28.2. The first-order valence-corrected chi connectivity index (χ1v) is 14.8. The summed E-state index contributed by atoms with van der Waals surface area (Å²) in [5.41, 5.74) is 0.347. The SMILES string of the molecule is C[C@@H]1CN([C@H](C)CO)S(=O)(=O)c2ccc(C#CC3(O)CCCC3)cc2O[C@H]1CN(C)C(=O)Cc1ccncc1. The number of benzene rings is 1. The van der Waals surface area contributed by atoms with Crippen molar-refractivity contribution >= 4 is 15.9 Å². The monoisotopic (exact) mass is 555 g/mol. The summed E-state index contributed by atoms with van der Waals surface area (Å²) in [7, 11) is -2.29. The third-order valence-corrected chi connectivity index (χ3v) is 9.54. The fourth-order valence-electron chi connectivity index (χ4n) is 4.98. The molecule has 39 heavy (non-hydrogen) atoms. The van der Waals surface area contributed by atoms with E-state index in [1.54, 1.807) is 55.5 Å². The molecule has 2 aliphatic rings. The summed E-state index contributed by atoms with van der Waals surface area (Å²) in [6, 6.07) is 7.60. The molecule has 0 spiro atoms. The molecule has 9 nitrogen and oxygen atoms in total. The number of fused-ring (bicyclic) bond motifs is 1. The minimum Gasteiger partial charge on any atom is -0.487 e. The minimum absolute atomic E-state index is 0.0180. The molecule has 2 aromatic rings. The van der Waals surface area contributed by atoms with Crippen LogP contribution in [0.3, 0.4) is 0 Å². The van der Waals surface area contributed by atoms with Gasteiger partial charge in [-0.2, -0.15) is 4.31 Å². The highest BCUT2D eigenvalue weighted by molar-refractivity contribution is 7.89. The molecule has 1 aliphatic heterocycles. The number of amides is 1. The normalized spacial score (nSPS) is 22.8. The minimum atomic E-state index is -3.99. The number of nitrogens with zero attached hydrogens (tertiary/aromatic N) is 3. The number of carbonyl (C=O) groups excluding carboxylic acids is 1. The van der Waals surface area contributed by atoms with Crippen LogP contribution in [0.15, 0.2) is 47.6 Å². The second-order valence-corrected chi connectivity index (χ2v) is 12.6. The second-order valence-electron chi connectivity index (χ2n) is 10.7. The highest BCUT2D eigenvalue weighted by atomic mass is 32.2. The summed E-state index contributed by atoms with van der Waals surface area (Å²) in [6.07, 6.45) is 6.03. The van der Waals surface area contributed by atoms with E-state index in [0.717, 1.165) is 18.4 Å². The number of sulfonamides is 1. The van der Waals surface area contributed by atoms with Gasteiger partial charge < -0.3 is 19.8 Å². The smallest absolute Gasteiger partial charge is 0.247 e. The van der Waals surface area contributed by atoms with Crippen LogP contribution in [-0.4, -0.2) is 83.2 Å². The Morgan fingerprint density at radius 1 is 1.26 bits per heavy atom. The van der Waals surface area contributed by atoms with E-state index >= 15 is 0 Å². The number of hydrogen-bond donors (Lipinski definition) is 2. The highest BCUT2D eigenvalue weighted by Gasteiger charge is 2.38. The molecular weight excluding hydrogens is 518 g/mol. The van der Waals surface area contributed by atoms with Crippen molar-refractivity contribution in [2.75, 3.05) is 26.7 Å². The van der Waals surface area contributed by atoms with E-state index in [1.807, 2.05) is 6.92 Å². The van der Waals surface area contributed by atoms with Crippen molar-refractivity contribution in [1.29, 1.82) is 0 Å². The van der Waals surface area contributed by atoms with Crippen LogP contribution in [0.1, 0.15) is 50.7 Å². The van der Waals surface area contributed by atoms with Gasteiger partial charge in [-0.25, -0.2) is 8.42 Å². The van der Waals surface area contributed by atoms with Crippen LogP contribution in [0.25, 0.3) is 0 Å². The average Bonchev–Trinajstić information content (AvgIpc) is 3.36. The number of aliphatic hydroxyl groups excluding tert-OH is 1. The quantitative estimate of drug-likeness (QED) is 0.525. The molecule has 2 N–H and O–H groups in total. The van der Waals surface area contributed by atoms with Crippen molar-refractivity contribution in [3.8, 4) is 17.6 Å². The third kappa shape index (κ3) is 6.79. The van der Waals surface area contributed by atoms with Crippen molar-refractivity contribution < 1.29 is 28.2 Å². The van der Waals surface area contributed by atoms with Crippen LogP contribution in [0.4, 0.5) is 0 Å². The molecule has 0 saturated heterocycles. The largest absolute Gasteiger partial charge is 0.487 e. The maximum atomic E-state index is 13.7. The standard InChI is InChI=1S/C29H37N3O6S/c1-21-18-32(22(2)20-33)39(36,37)27-7-6-23(8-13-29(35)11-4-5-12-29)16-25(27)38-26(21)19-31(3)28(34)17-24-9-14-30-15-10-24/h6-7,9-10,14-16,21-22,26,33,35H,4-5,11-12,17-20H2,1-3H3/t21-,22-,26+/m1/s1. The summed E-state index contributed by atoms with van der Waals surface area (Å²) in [6.45, 7) is 3.56. The lowest BCUT2D eigenvalue weighted by Gasteiger charge is -2.37. The molecule has 0 radical (unpaired) electrons. The Balaban J connectivity index is 1.66. The Hall–Kier alpha value is -2.97. The van der Waals surface area contributed by atoms with Gasteiger partial charge in [-0.05, 0) is 68.5 Å². The van der Waals surface area contributed by atoms with Gasteiger partial charge in [0.05, 0.1) is 19.6 Å². The molecule has 1 aromatic carbocycles. The van der Waals surface area contributed by atoms with Crippen LogP contribution in [0, 0.1) is 17.8 Å². The molecule has 1 amide bonds. The first kappa shape index (κ1) is 29.0. The van der Waals surface area contributed by atoms with Crippen LogP contribution < -0.4 is 4.74 Å². The summed E-state index contributed by atoms with van der Waals surface area (Å²) < 4.78 is 35.0. The molecule has 0 bridgehead atoms. The number of likely N-dealkylation sites (N-methyl/N-ethyl adjacent to an activating group) is 1. The molecule has 1 fully saturated rings. The molecule has 3 atom stereocenters. The Morgan fingerprint density at radius 3 is 2.62 bits per heavy atom. The van der Waals surface area contributed by atoms with Gasteiger partial charge in [0.1, 0.15) is 22.4 Å². The van der Waals surface area contributed by atoms with Gasteiger partial charge in [-0.1, -0.05) is 18.8 Å². The van der Waals surface area contributed by atoms with Gasteiger partial charge in [0.25, 0.3) is 0 Å². The Kier molecular flexibility index (Phi) is 8.96. The van der Waals surface area contributed by atoms with E-state index < -0.39 is 27.8 Å². The predicted octanol–water partition coefficient (Wildman–Crippen LogP) is 2.21. The lowest BCUT2D eigenvalue weighted by molar-refractivity contribution is -0.130. The maximum absolute atomic E-state index is 13.7. The fraction of sp³-hybridized carbons (Fsp3) is 0.517. The molecule has 1 aliphatic carbocycles. The van der Waals surface area contributed by atoms with E-state index in [-0.39, 0.29) is 48.6 Å². The molecular formula is C29H37N3O6S. The fourth-order valence-corrected chi connectivity index (χ4v) is 6.80. The van der Waals surface area contributed by atoms with Crippen LogP contribution >= 0.6 is 0 Å². The molecule has 1 aromatic heterocycles. The van der Waals surface area contributed by atoms with E-state index in [1.165, 1.54) is 10.4 Å². The van der Waals surface area contributed by atoms with E-state index in [0.29, 0.717) is 18.4 Å². The van der Waals surface area contributed by atoms with Crippen LogP contribution in [0.5, 0.6) is 5.75 Å². The van der Waals surface area contributed by atoms with Gasteiger partial charge in [-0.3, -0.25) is 9.78 Å². The van der Waals surface area contributed by atoms with Crippen molar-refractivity contribution in [1.82, 2.24) is 14.2 Å². The molecule has 10 heteroatoms. The molecule has 4 rings (SSSR count). The lowest BCUT2D eigenvalue weighted by atomic mass is 10.0. The van der Waals surface area contributed by atoms with Gasteiger partial charge in [0.15, 0.2) is 0 Å². The van der Waals surface area contributed by atoms with E-state index in [2.05, 4.69) is 16.8 Å². The summed E-state index contributed by atoms with van der Waals surface area (Å²) in [4.78, 5) is 18.5. The van der Waals surface area contributed by atoms with Crippen molar-refractivity contribution in [3.05, 3.63) is 53.9 Å². The highest BCUT2D eigenvalue weighted by Crippen LogP contribution is 2.34. The molecule has 2 heterocycles. The van der Waals surface area contributed by atoms with Gasteiger partial charge in [-0.15, -0.1) is 0 Å². The zero-order valence-corrected chi connectivity index (χ0v) is 23.5. The molecule has 1 saturated carbocycles. The Bertz CT molecular complexity index is 1330. The van der Waals surface area contributed by atoms with Crippen molar-refractivity contribution in [2.45, 2.75) is 68.6 Å². The first-order chi connectivity index (χ1) is 18.5. The van der Waals surface area contributed by atoms with Gasteiger partial charge in [0.2, 0.25) is 15.9 Å². The number of aromatic nitrogens is 1.